The standard InChI is InChI=1S/C27H24FN5O5S/c1-2-38-20(34)14-31-26(36)23(16-10-12-17(28)13-11-16)33(19-9-5-7-15-6-3-4-8-18(15)19)27(37)24-21(29)22(25(30)35)32-39-24/h3-13,23H,2,14,29H2,1H3,(H2,30,35)(H,31,36)/t23-/m0/s1. The number of hydrogen-bond acceptors (Lipinski definition) is 8. The van der Waals surface area contributed by atoms with Crippen molar-refractivity contribution in [2.24, 2.45) is 5.73 Å². The quantitative estimate of drug-likeness (QED) is 0.271. The van der Waals surface area contributed by atoms with Crippen molar-refractivity contribution < 1.29 is 28.3 Å². The molecule has 10 nitrogen and oxygen atoms in total. The first kappa shape index (κ1) is 27.2. The van der Waals surface area contributed by atoms with Gasteiger partial charge in [0, 0.05) is 5.39 Å². The molecule has 0 bridgehead atoms. The molecule has 39 heavy (non-hydrogen) atoms. The average molecular weight is 550 g/mol. The second kappa shape index (κ2) is 11.7. The van der Waals surface area contributed by atoms with E-state index in [0.29, 0.717) is 22.6 Å². The first-order valence-electron chi connectivity index (χ1n) is 11.8. The zero-order chi connectivity index (χ0) is 28.1. The first-order chi connectivity index (χ1) is 18.7. The summed E-state index contributed by atoms with van der Waals surface area (Å²) in [6.45, 7) is 1.28. The smallest absolute Gasteiger partial charge is 0.325 e. The summed E-state index contributed by atoms with van der Waals surface area (Å²) in [5.41, 5.74) is 11.5. The van der Waals surface area contributed by atoms with Gasteiger partial charge in [0.05, 0.1) is 18.0 Å². The number of fused-ring (bicyclic) bond motifs is 1. The third-order valence-corrected chi connectivity index (χ3v) is 6.66. The first-order valence-corrected chi connectivity index (χ1v) is 12.5. The lowest BCUT2D eigenvalue weighted by atomic mass is 10.00. The molecule has 200 valence electrons. The minimum Gasteiger partial charge on any atom is -0.465 e. The van der Waals surface area contributed by atoms with Gasteiger partial charge in [0.25, 0.3) is 11.8 Å². The molecular formula is C27H24FN5O5S. The highest BCUT2D eigenvalue weighted by molar-refractivity contribution is 7.09. The van der Waals surface area contributed by atoms with Crippen LogP contribution in [0.2, 0.25) is 0 Å². The van der Waals surface area contributed by atoms with Gasteiger partial charge in [0.15, 0.2) is 5.69 Å². The number of carbonyl (C=O) groups is 4. The van der Waals surface area contributed by atoms with Crippen molar-refractivity contribution in [1.29, 1.82) is 0 Å². The van der Waals surface area contributed by atoms with Crippen molar-refractivity contribution in [2.75, 3.05) is 23.8 Å². The maximum absolute atomic E-state index is 14.2. The monoisotopic (exact) mass is 549 g/mol. The minimum absolute atomic E-state index is 0.115. The average Bonchev–Trinajstić information content (AvgIpc) is 3.32. The van der Waals surface area contributed by atoms with Crippen LogP contribution in [0.3, 0.4) is 0 Å². The van der Waals surface area contributed by atoms with E-state index in [1.165, 1.54) is 17.0 Å². The molecule has 5 N–H and O–H groups in total. The number of hydrogen-bond donors (Lipinski definition) is 3. The normalized spacial score (nSPS) is 11.5. The second-order valence-corrected chi connectivity index (χ2v) is 9.06. The molecule has 3 amide bonds. The van der Waals surface area contributed by atoms with Crippen LogP contribution in [0.1, 0.15) is 38.7 Å². The number of anilines is 2. The number of nitrogens with zero attached hydrogens (tertiary/aromatic N) is 2. The van der Waals surface area contributed by atoms with Crippen LogP contribution in [0.5, 0.6) is 0 Å². The molecule has 0 aliphatic rings. The van der Waals surface area contributed by atoms with Crippen LogP contribution in [0.25, 0.3) is 10.8 Å². The Hall–Kier alpha value is -4.84. The molecule has 0 fully saturated rings. The van der Waals surface area contributed by atoms with Gasteiger partial charge in [-0.05, 0) is 47.6 Å². The van der Waals surface area contributed by atoms with E-state index in [4.69, 9.17) is 16.2 Å². The number of aromatic nitrogens is 1. The van der Waals surface area contributed by atoms with E-state index in [-0.39, 0.29) is 28.4 Å². The Labute approximate surface area is 226 Å². The van der Waals surface area contributed by atoms with Crippen molar-refractivity contribution in [1.82, 2.24) is 9.69 Å². The molecule has 0 aliphatic heterocycles. The van der Waals surface area contributed by atoms with E-state index < -0.39 is 42.1 Å². The molecule has 0 unspecified atom stereocenters. The van der Waals surface area contributed by atoms with Gasteiger partial charge in [-0.25, -0.2) is 4.39 Å². The summed E-state index contributed by atoms with van der Waals surface area (Å²) < 4.78 is 22.7. The lowest BCUT2D eigenvalue weighted by molar-refractivity contribution is -0.143. The number of primary amides is 1. The van der Waals surface area contributed by atoms with E-state index in [1.54, 1.807) is 31.2 Å². The van der Waals surface area contributed by atoms with Crippen LogP contribution >= 0.6 is 11.5 Å². The zero-order valence-electron chi connectivity index (χ0n) is 20.7. The highest BCUT2D eigenvalue weighted by Crippen LogP contribution is 2.37. The molecule has 0 saturated carbocycles. The predicted molar refractivity (Wildman–Crippen MR) is 145 cm³/mol. The summed E-state index contributed by atoms with van der Waals surface area (Å²) in [7, 11) is 0. The highest BCUT2D eigenvalue weighted by Gasteiger charge is 2.37. The van der Waals surface area contributed by atoms with Gasteiger partial charge in [-0.15, -0.1) is 0 Å². The molecule has 4 rings (SSSR count). The summed E-state index contributed by atoms with van der Waals surface area (Å²) in [5, 5.41) is 3.90. The predicted octanol–water partition coefficient (Wildman–Crippen LogP) is 3.18. The number of rotatable bonds is 9. The Morgan fingerprint density at radius 1 is 1.05 bits per heavy atom. The van der Waals surface area contributed by atoms with Crippen molar-refractivity contribution in [3.63, 3.8) is 0 Å². The molecule has 1 heterocycles. The van der Waals surface area contributed by atoms with E-state index in [0.717, 1.165) is 17.5 Å². The topological polar surface area (TPSA) is 158 Å². The van der Waals surface area contributed by atoms with Crippen LogP contribution in [0, 0.1) is 5.82 Å². The SMILES string of the molecule is CCOC(=O)CNC(=O)[C@H](c1ccc(F)cc1)N(C(=O)c1snc(C(N)=O)c1N)c1cccc2ccccc12. The van der Waals surface area contributed by atoms with Crippen LogP contribution in [-0.2, 0) is 14.3 Å². The van der Waals surface area contributed by atoms with Gasteiger partial charge in [0.1, 0.15) is 23.3 Å². The molecule has 1 atom stereocenters. The Morgan fingerprint density at radius 2 is 1.74 bits per heavy atom. The number of halogens is 1. The summed E-state index contributed by atoms with van der Waals surface area (Å²) >= 11 is 0.660. The van der Waals surface area contributed by atoms with Crippen molar-refractivity contribution in [3.05, 3.63) is 88.7 Å². The number of ether oxygens (including phenoxy) is 1. The van der Waals surface area contributed by atoms with Crippen LogP contribution in [0.15, 0.2) is 66.7 Å². The van der Waals surface area contributed by atoms with E-state index in [2.05, 4.69) is 9.69 Å². The van der Waals surface area contributed by atoms with E-state index in [1.807, 2.05) is 18.2 Å². The van der Waals surface area contributed by atoms with Gasteiger partial charge in [-0.3, -0.25) is 24.1 Å². The number of amides is 3. The summed E-state index contributed by atoms with van der Waals surface area (Å²) in [4.78, 5) is 52.7. The number of benzene rings is 3. The molecule has 4 aromatic rings. The molecular weight excluding hydrogens is 525 g/mol. The fourth-order valence-electron chi connectivity index (χ4n) is 4.05. The molecule has 12 heteroatoms. The zero-order valence-corrected chi connectivity index (χ0v) is 21.5. The van der Waals surface area contributed by atoms with Gasteiger partial charge in [-0.1, -0.05) is 48.5 Å². The molecule has 0 spiro atoms. The summed E-state index contributed by atoms with van der Waals surface area (Å²) in [6, 6.07) is 16.0. The lowest BCUT2D eigenvalue weighted by Crippen LogP contribution is -2.45. The fraction of sp³-hybridized carbons (Fsp3) is 0.148. The largest absolute Gasteiger partial charge is 0.465 e. The molecule has 1 aromatic heterocycles. The molecule has 0 radical (unpaired) electrons. The van der Waals surface area contributed by atoms with Crippen LogP contribution < -0.4 is 21.7 Å². The Morgan fingerprint density at radius 3 is 2.41 bits per heavy atom. The Kier molecular flexibility index (Phi) is 8.15. The van der Waals surface area contributed by atoms with E-state index in [9.17, 15) is 23.6 Å². The van der Waals surface area contributed by atoms with Crippen LogP contribution in [-0.4, -0.2) is 41.2 Å². The maximum atomic E-state index is 14.2. The number of nitrogen functional groups attached to an aromatic ring is 1. The molecule has 0 aliphatic carbocycles. The van der Waals surface area contributed by atoms with Crippen LogP contribution in [0.4, 0.5) is 15.8 Å². The van der Waals surface area contributed by atoms with E-state index >= 15 is 0 Å². The molecule has 0 saturated heterocycles. The number of nitrogens with two attached hydrogens (primary N) is 2. The number of esters is 1. The number of nitrogens with one attached hydrogen (secondary N) is 1. The molecule has 3 aromatic carbocycles. The minimum atomic E-state index is -1.39. The Balaban J connectivity index is 1.92. The highest BCUT2D eigenvalue weighted by atomic mass is 32.1. The van der Waals surface area contributed by atoms with Crippen molar-refractivity contribution in [2.45, 2.75) is 13.0 Å². The summed E-state index contributed by atoms with van der Waals surface area (Å²) in [6.07, 6.45) is 0. The second-order valence-electron chi connectivity index (χ2n) is 8.29. The van der Waals surface area contributed by atoms with Gasteiger partial charge < -0.3 is 21.5 Å². The van der Waals surface area contributed by atoms with Gasteiger partial charge >= 0.3 is 5.97 Å². The fourth-order valence-corrected chi connectivity index (χ4v) is 4.80. The van der Waals surface area contributed by atoms with Crippen molar-refractivity contribution >= 4 is 57.4 Å². The van der Waals surface area contributed by atoms with Gasteiger partial charge in [-0.2, -0.15) is 4.37 Å². The number of carbonyl (C=O) groups excluding carboxylic acids is 4. The third-order valence-electron chi connectivity index (χ3n) is 5.81. The van der Waals surface area contributed by atoms with Gasteiger partial charge in [0.2, 0.25) is 5.91 Å². The Bertz CT molecular complexity index is 1550. The summed E-state index contributed by atoms with van der Waals surface area (Å²) in [5.74, 6) is -3.64. The third kappa shape index (κ3) is 5.70. The maximum Gasteiger partial charge on any atom is 0.325 e. The lowest BCUT2D eigenvalue weighted by Gasteiger charge is -2.32. The van der Waals surface area contributed by atoms with Crippen molar-refractivity contribution in [3.8, 4) is 0 Å².